The van der Waals surface area contributed by atoms with Gasteiger partial charge in [-0.3, -0.25) is 9.59 Å². The SMILES string of the molecule is CC(C)(C)OC(=O)N1CCC[C@@H](COCC(=O)NC2CCN(C(=O)c3ccco3)CC2)C1. The van der Waals surface area contributed by atoms with Crippen LogP contribution in [0.2, 0.25) is 0 Å². The Balaban J connectivity index is 1.32. The number of hydrogen-bond acceptors (Lipinski definition) is 6. The van der Waals surface area contributed by atoms with Crippen LogP contribution in [-0.2, 0) is 14.3 Å². The zero-order valence-electron chi connectivity index (χ0n) is 19.3. The molecule has 0 radical (unpaired) electrons. The number of amides is 3. The molecule has 0 saturated carbocycles. The van der Waals surface area contributed by atoms with Crippen LogP contribution in [-0.4, -0.2) is 78.7 Å². The first-order chi connectivity index (χ1) is 15.2. The first-order valence-electron chi connectivity index (χ1n) is 11.4. The van der Waals surface area contributed by atoms with Gasteiger partial charge in [-0.1, -0.05) is 0 Å². The number of nitrogens with one attached hydrogen (secondary N) is 1. The second kappa shape index (κ2) is 10.8. The third-order valence-corrected chi connectivity index (χ3v) is 5.64. The maximum absolute atomic E-state index is 12.3. The van der Waals surface area contributed by atoms with Crippen LogP contribution in [0.3, 0.4) is 0 Å². The Labute approximate surface area is 189 Å². The fourth-order valence-electron chi connectivity index (χ4n) is 4.06. The third kappa shape index (κ3) is 7.25. The molecule has 1 aromatic rings. The summed E-state index contributed by atoms with van der Waals surface area (Å²) in [6, 6.07) is 3.39. The minimum Gasteiger partial charge on any atom is -0.459 e. The monoisotopic (exact) mass is 449 g/mol. The molecule has 2 aliphatic heterocycles. The van der Waals surface area contributed by atoms with Crippen LogP contribution in [0.4, 0.5) is 4.79 Å². The zero-order valence-corrected chi connectivity index (χ0v) is 19.3. The second-order valence-electron chi connectivity index (χ2n) is 9.56. The normalized spacial score (nSPS) is 20.2. The molecule has 0 bridgehead atoms. The summed E-state index contributed by atoms with van der Waals surface area (Å²) >= 11 is 0. The van der Waals surface area contributed by atoms with E-state index in [4.69, 9.17) is 13.9 Å². The van der Waals surface area contributed by atoms with Crippen molar-refractivity contribution in [1.29, 1.82) is 0 Å². The van der Waals surface area contributed by atoms with Gasteiger partial charge in [0.25, 0.3) is 5.91 Å². The Morgan fingerprint density at radius 2 is 1.88 bits per heavy atom. The van der Waals surface area contributed by atoms with Gasteiger partial charge in [0.15, 0.2) is 5.76 Å². The Morgan fingerprint density at radius 1 is 1.12 bits per heavy atom. The molecular formula is C23H35N3O6. The fraction of sp³-hybridized carbons (Fsp3) is 0.696. The summed E-state index contributed by atoms with van der Waals surface area (Å²) < 4.78 is 16.3. The standard InChI is InChI=1S/C23H35N3O6/c1-23(2,3)32-22(29)26-10-4-6-17(14-26)15-30-16-20(27)24-18-8-11-25(12-9-18)21(28)19-7-5-13-31-19/h5,7,13,17-18H,4,6,8-12,14-16H2,1-3H3,(H,24,27)/t17-/m1/s1. The number of ether oxygens (including phenoxy) is 2. The molecule has 3 heterocycles. The molecule has 3 rings (SSSR count). The van der Waals surface area contributed by atoms with E-state index in [-0.39, 0.29) is 36.5 Å². The highest BCUT2D eigenvalue weighted by molar-refractivity contribution is 5.91. The molecule has 9 heteroatoms. The molecule has 0 spiro atoms. The van der Waals surface area contributed by atoms with Crippen molar-refractivity contribution in [2.45, 2.75) is 58.1 Å². The molecule has 1 aromatic heterocycles. The van der Waals surface area contributed by atoms with Crippen molar-refractivity contribution >= 4 is 17.9 Å². The first kappa shape index (κ1) is 24.1. The summed E-state index contributed by atoms with van der Waals surface area (Å²) in [4.78, 5) is 40.3. The summed E-state index contributed by atoms with van der Waals surface area (Å²) in [5, 5.41) is 2.99. The van der Waals surface area contributed by atoms with Gasteiger partial charge in [0, 0.05) is 38.1 Å². The van der Waals surface area contributed by atoms with Crippen molar-refractivity contribution in [2.24, 2.45) is 5.92 Å². The van der Waals surface area contributed by atoms with Gasteiger partial charge >= 0.3 is 6.09 Å². The fourth-order valence-corrected chi connectivity index (χ4v) is 4.06. The van der Waals surface area contributed by atoms with Crippen molar-refractivity contribution < 1.29 is 28.3 Å². The van der Waals surface area contributed by atoms with Gasteiger partial charge in [-0.25, -0.2) is 4.79 Å². The molecule has 2 saturated heterocycles. The summed E-state index contributed by atoms with van der Waals surface area (Å²) in [5.41, 5.74) is -0.513. The predicted octanol–water partition coefficient (Wildman–Crippen LogP) is 2.66. The van der Waals surface area contributed by atoms with Gasteiger partial charge in [-0.2, -0.15) is 0 Å². The molecule has 1 N–H and O–H groups in total. The van der Waals surface area contributed by atoms with Crippen molar-refractivity contribution in [3.63, 3.8) is 0 Å². The van der Waals surface area contributed by atoms with Crippen molar-refractivity contribution in [2.75, 3.05) is 39.4 Å². The molecule has 1 atom stereocenters. The Bertz CT molecular complexity index is 765. The Kier molecular flexibility index (Phi) is 8.17. The molecule has 9 nitrogen and oxygen atoms in total. The van der Waals surface area contributed by atoms with Crippen LogP contribution in [0, 0.1) is 5.92 Å². The lowest BCUT2D eigenvalue weighted by atomic mass is 9.99. The van der Waals surface area contributed by atoms with E-state index in [1.807, 2.05) is 20.8 Å². The van der Waals surface area contributed by atoms with Crippen molar-refractivity contribution in [3.8, 4) is 0 Å². The van der Waals surface area contributed by atoms with E-state index in [2.05, 4.69) is 5.32 Å². The molecule has 32 heavy (non-hydrogen) atoms. The minimum absolute atomic E-state index is 0.00548. The summed E-state index contributed by atoms with van der Waals surface area (Å²) in [7, 11) is 0. The van der Waals surface area contributed by atoms with Gasteiger partial charge in [0.2, 0.25) is 5.91 Å². The Morgan fingerprint density at radius 3 is 2.53 bits per heavy atom. The second-order valence-corrected chi connectivity index (χ2v) is 9.56. The van der Waals surface area contributed by atoms with Crippen molar-refractivity contribution in [1.82, 2.24) is 15.1 Å². The number of likely N-dealkylation sites (tertiary alicyclic amines) is 2. The van der Waals surface area contributed by atoms with E-state index in [0.29, 0.717) is 51.4 Å². The van der Waals surface area contributed by atoms with Crippen LogP contribution in [0.25, 0.3) is 0 Å². The lowest BCUT2D eigenvalue weighted by Gasteiger charge is -2.34. The van der Waals surface area contributed by atoms with Crippen LogP contribution in [0.15, 0.2) is 22.8 Å². The number of furan rings is 1. The molecule has 2 aliphatic rings. The molecule has 2 fully saturated rings. The topological polar surface area (TPSA) is 101 Å². The lowest BCUT2D eigenvalue weighted by Crippen LogP contribution is -2.47. The zero-order chi connectivity index (χ0) is 23.1. The number of nitrogens with zero attached hydrogens (tertiary/aromatic N) is 2. The summed E-state index contributed by atoms with van der Waals surface area (Å²) in [6.45, 7) is 8.42. The van der Waals surface area contributed by atoms with Crippen LogP contribution < -0.4 is 5.32 Å². The van der Waals surface area contributed by atoms with E-state index in [9.17, 15) is 14.4 Å². The van der Waals surface area contributed by atoms with Crippen LogP contribution in [0.1, 0.15) is 57.0 Å². The van der Waals surface area contributed by atoms with E-state index >= 15 is 0 Å². The van der Waals surface area contributed by atoms with E-state index in [0.717, 1.165) is 12.8 Å². The number of rotatable bonds is 6. The summed E-state index contributed by atoms with van der Waals surface area (Å²) in [5.74, 6) is 0.269. The van der Waals surface area contributed by atoms with Crippen LogP contribution >= 0.6 is 0 Å². The van der Waals surface area contributed by atoms with Gasteiger partial charge < -0.3 is 29.0 Å². The number of carbonyl (C=O) groups excluding carboxylic acids is 3. The van der Waals surface area contributed by atoms with E-state index in [1.165, 1.54) is 6.26 Å². The first-order valence-corrected chi connectivity index (χ1v) is 11.4. The average Bonchev–Trinajstić information content (AvgIpc) is 3.28. The maximum atomic E-state index is 12.3. The summed E-state index contributed by atoms with van der Waals surface area (Å²) in [6.07, 6.45) is 4.45. The lowest BCUT2D eigenvalue weighted by molar-refractivity contribution is -0.127. The van der Waals surface area contributed by atoms with E-state index < -0.39 is 5.60 Å². The van der Waals surface area contributed by atoms with E-state index in [1.54, 1.807) is 21.9 Å². The highest BCUT2D eigenvalue weighted by atomic mass is 16.6. The molecular weight excluding hydrogens is 414 g/mol. The maximum Gasteiger partial charge on any atom is 0.410 e. The highest BCUT2D eigenvalue weighted by Crippen LogP contribution is 2.20. The molecule has 178 valence electrons. The average molecular weight is 450 g/mol. The third-order valence-electron chi connectivity index (χ3n) is 5.64. The smallest absolute Gasteiger partial charge is 0.410 e. The quantitative estimate of drug-likeness (QED) is 0.717. The Hall–Kier alpha value is -2.55. The minimum atomic E-state index is -0.513. The van der Waals surface area contributed by atoms with Gasteiger partial charge in [-0.05, 0) is 58.6 Å². The molecule has 0 aliphatic carbocycles. The number of piperidine rings is 2. The highest BCUT2D eigenvalue weighted by Gasteiger charge is 2.28. The molecule has 0 unspecified atom stereocenters. The van der Waals surface area contributed by atoms with Gasteiger partial charge in [0.05, 0.1) is 12.9 Å². The molecule has 0 aromatic carbocycles. The van der Waals surface area contributed by atoms with Gasteiger partial charge in [0.1, 0.15) is 12.2 Å². The van der Waals surface area contributed by atoms with Crippen LogP contribution in [0.5, 0.6) is 0 Å². The van der Waals surface area contributed by atoms with Gasteiger partial charge in [-0.15, -0.1) is 0 Å². The predicted molar refractivity (Wildman–Crippen MR) is 117 cm³/mol. The largest absolute Gasteiger partial charge is 0.459 e. The van der Waals surface area contributed by atoms with Crippen molar-refractivity contribution in [3.05, 3.63) is 24.2 Å². The number of hydrogen-bond donors (Lipinski definition) is 1. The molecule has 3 amide bonds. The number of carbonyl (C=O) groups is 3.